The minimum Gasteiger partial charge on any atom is -0.497 e. The molecule has 4 aromatic carbocycles. The molecule has 0 heterocycles. The number of anilines is 1. The van der Waals surface area contributed by atoms with Gasteiger partial charge in [0.05, 0.1) is 20.1 Å². The van der Waals surface area contributed by atoms with Gasteiger partial charge in [-0.2, -0.15) is 0 Å². The van der Waals surface area contributed by atoms with Crippen LogP contribution in [0.15, 0.2) is 103 Å². The van der Waals surface area contributed by atoms with Crippen LogP contribution in [0.3, 0.4) is 0 Å². The molecule has 0 aliphatic rings. The van der Waals surface area contributed by atoms with Crippen molar-refractivity contribution in [3.05, 3.63) is 131 Å². The SMILES string of the molecule is COc1cccc(C(=O)N(Cc2ccc(F)cc2)c2cccc(CC(=O)NCCc3ccccc3)c2)c1. The summed E-state index contributed by atoms with van der Waals surface area (Å²) in [6.45, 7) is 0.788. The van der Waals surface area contributed by atoms with Gasteiger partial charge in [0.25, 0.3) is 5.91 Å². The van der Waals surface area contributed by atoms with Crippen LogP contribution in [0.5, 0.6) is 5.75 Å². The van der Waals surface area contributed by atoms with Crippen LogP contribution in [0.1, 0.15) is 27.0 Å². The summed E-state index contributed by atoms with van der Waals surface area (Å²) in [6.07, 6.45) is 0.952. The fourth-order valence-corrected chi connectivity index (χ4v) is 4.04. The molecule has 5 nitrogen and oxygen atoms in total. The van der Waals surface area contributed by atoms with E-state index in [4.69, 9.17) is 4.74 Å². The molecule has 6 heteroatoms. The number of halogens is 1. The summed E-state index contributed by atoms with van der Waals surface area (Å²) >= 11 is 0. The zero-order valence-corrected chi connectivity index (χ0v) is 20.7. The fourth-order valence-electron chi connectivity index (χ4n) is 4.04. The highest BCUT2D eigenvalue weighted by molar-refractivity contribution is 6.06. The van der Waals surface area contributed by atoms with Gasteiger partial charge in [-0.1, -0.05) is 60.7 Å². The molecule has 4 rings (SSSR count). The van der Waals surface area contributed by atoms with Crippen LogP contribution in [-0.4, -0.2) is 25.5 Å². The highest BCUT2D eigenvalue weighted by Crippen LogP contribution is 2.24. The summed E-state index contributed by atoms with van der Waals surface area (Å²) in [5.74, 6) is -0.0758. The van der Waals surface area contributed by atoms with Crippen molar-refractivity contribution >= 4 is 17.5 Å². The van der Waals surface area contributed by atoms with E-state index in [1.54, 1.807) is 48.4 Å². The Morgan fingerprint density at radius 1 is 0.811 bits per heavy atom. The first-order valence-electron chi connectivity index (χ1n) is 12.1. The lowest BCUT2D eigenvalue weighted by molar-refractivity contribution is -0.120. The Kier molecular flexibility index (Phi) is 8.66. The zero-order valence-electron chi connectivity index (χ0n) is 20.7. The van der Waals surface area contributed by atoms with Crippen molar-refractivity contribution < 1.29 is 18.7 Å². The molecule has 2 amide bonds. The number of carbonyl (C=O) groups is 2. The van der Waals surface area contributed by atoms with Gasteiger partial charge in [0.1, 0.15) is 11.6 Å². The van der Waals surface area contributed by atoms with Crippen LogP contribution in [0.25, 0.3) is 0 Å². The lowest BCUT2D eigenvalue weighted by atomic mass is 10.1. The van der Waals surface area contributed by atoms with E-state index in [0.29, 0.717) is 23.5 Å². The van der Waals surface area contributed by atoms with Crippen molar-refractivity contribution in [1.82, 2.24) is 5.32 Å². The molecule has 4 aromatic rings. The summed E-state index contributed by atoms with van der Waals surface area (Å²) in [6, 6.07) is 30.4. The first-order chi connectivity index (χ1) is 18.0. The summed E-state index contributed by atoms with van der Waals surface area (Å²) in [7, 11) is 1.55. The molecule has 37 heavy (non-hydrogen) atoms. The number of ether oxygens (including phenoxy) is 1. The maximum Gasteiger partial charge on any atom is 0.258 e. The maximum absolute atomic E-state index is 13.6. The number of amides is 2. The summed E-state index contributed by atoms with van der Waals surface area (Å²) in [4.78, 5) is 27.8. The van der Waals surface area contributed by atoms with Gasteiger partial charge in [0, 0.05) is 17.8 Å². The molecule has 0 spiro atoms. The van der Waals surface area contributed by atoms with Crippen molar-refractivity contribution in [3.8, 4) is 5.75 Å². The van der Waals surface area contributed by atoms with E-state index in [9.17, 15) is 14.0 Å². The second kappa shape index (κ2) is 12.5. The molecular weight excluding hydrogens is 467 g/mol. The highest BCUT2D eigenvalue weighted by Gasteiger charge is 2.20. The van der Waals surface area contributed by atoms with Crippen LogP contribution in [0.2, 0.25) is 0 Å². The van der Waals surface area contributed by atoms with E-state index in [2.05, 4.69) is 5.32 Å². The summed E-state index contributed by atoms with van der Waals surface area (Å²) in [5.41, 5.74) is 3.84. The molecule has 0 unspecified atom stereocenters. The smallest absolute Gasteiger partial charge is 0.258 e. The highest BCUT2D eigenvalue weighted by atomic mass is 19.1. The Balaban J connectivity index is 1.51. The molecule has 0 aromatic heterocycles. The third-order valence-electron chi connectivity index (χ3n) is 5.98. The zero-order chi connectivity index (χ0) is 26.0. The summed E-state index contributed by atoms with van der Waals surface area (Å²) in [5, 5.41) is 2.97. The van der Waals surface area contributed by atoms with Crippen LogP contribution in [0.4, 0.5) is 10.1 Å². The van der Waals surface area contributed by atoms with Crippen LogP contribution >= 0.6 is 0 Å². The number of nitrogens with zero attached hydrogens (tertiary/aromatic N) is 1. The second-order valence-electron chi connectivity index (χ2n) is 8.68. The lowest BCUT2D eigenvalue weighted by Gasteiger charge is -2.24. The number of hydrogen-bond donors (Lipinski definition) is 1. The predicted molar refractivity (Wildman–Crippen MR) is 143 cm³/mol. The molecule has 0 fully saturated rings. The first kappa shape index (κ1) is 25.6. The molecule has 0 aliphatic heterocycles. The standard InChI is InChI=1S/C31H29FN2O3/c1-37-29-12-6-10-26(21-29)31(36)34(22-24-13-15-27(32)16-14-24)28-11-5-9-25(19-28)20-30(35)33-18-17-23-7-3-2-4-8-23/h2-16,19,21H,17-18,20,22H2,1H3,(H,33,35). The van der Waals surface area contributed by atoms with Crippen molar-refractivity contribution in [2.45, 2.75) is 19.4 Å². The quantitative estimate of drug-likeness (QED) is 0.312. The van der Waals surface area contributed by atoms with Gasteiger partial charge in [0.15, 0.2) is 0 Å². The fraction of sp³-hybridized carbons (Fsp3) is 0.161. The molecule has 0 saturated heterocycles. The molecule has 0 aliphatic carbocycles. The first-order valence-corrected chi connectivity index (χ1v) is 12.1. The maximum atomic E-state index is 13.6. The predicted octanol–water partition coefficient (Wildman–Crippen LogP) is 5.58. The number of methoxy groups -OCH3 is 1. The normalized spacial score (nSPS) is 10.5. The average molecular weight is 497 g/mol. The minimum absolute atomic E-state index is 0.0858. The number of nitrogens with one attached hydrogen (secondary N) is 1. The molecular formula is C31H29FN2O3. The van der Waals surface area contributed by atoms with Crippen LogP contribution < -0.4 is 15.0 Å². The topological polar surface area (TPSA) is 58.6 Å². The summed E-state index contributed by atoms with van der Waals surface area (Å²) < 4.78 is 18.8. The van der Waals surface area contributed by atoms with E-state index in [1.165, 1.54) is 12.1 Å². The van der Waals surface area contributed by atoms with E-state index >= 15 is 0 Å². The Bertz CT molecular complexity index is 1340. The van der Waals surface area contributed by atoms with Crippen molar-refractivity contribution in [2.24, 2.45) is 0 Å². The van der Waals surface area contributed by atoms with Crippen LogP contribution in [0, 0.1) is 5.82 Å². The van der Waals surface area contributed by atoms with E-state index in [0.717, 1.165) is 23.1 Å². The van der Waals surface area contributed by atoms with Crippen molar-refractivity contribution in [1.29, 1.82) is 0 Å². The van der Waals surface area contributed by atoms with Gasteiger partial charge < -0.3 is 15.0 Å². The van der Waals surface area contributed by atoms with Gasteiger partial charge in [-0.15, -0.1) is 0 Å². The van der Waals surface area contributed by atoms with E-state index < -0.39 is 0 Å². The Morgan fingerprint density at radius 2 is 1.54 bits per heavy atom. The van der Waals surface area contributed by atoms with Crippen molar-refractivity contribution in [2.75, 3.05) is 18.6 Å². The van der Waals surface area contributed by atoms with E-state index in [-0.39, 0.29) is 30.6 Å². The third kappa shape index (κ3) is 7.27. The minimum atomic E-state index is -0.338. The largest absolute Gasteiger partial charge is 0.497 e. The number of hydrogen-bond acceptors (Lipinski definition) is 3. The Morgan fingerprint density at radius 3 is 2.30 bits per heavy atom. The van der Waals surface area contributed by atoms with Gasteiger partial charge in [-0.3, -0.25) is 9.59 Å². The molecule has 188 valence electrons. The molecule has 0 saturated carbocycles. The molecule has 1 N–H and O–H groups in total. The molecule has 0 radical (unpaired) electrons. The van der Waals surface area contributed by atoms with Gasteiger partial charge in [-0.25, -0.2) is 4.39 Å². The monoisotopic (exact) mass is 496 g/mol. The van der Waals surface area contributed by atoms with Crippen molar-refractivity contribution in [3.63, 3.8) is 0 Å². The van der Waals surface area contributed by atoms with Gasteiger partial charge in [0.2, 0.25) is 5.91 Å². The average Bonchev–Trinajstić information content (AvgIpc) is 2.93. The third-order valence-corrected chi connectivity index (χ3v) is 5.98. The molecule has 0 atom stereocenters. The Labute approximate surface area is 216 Å². The van der Waals surface area contributed by atoms with E-state index in [1.807, 2.05) is 54.6 Å². The lowest BCUT2D eigenvalue weighted by Crippen LogP contribution is -2.31. The number of benzene rings is 4. The van der Waals surface area contributed by atoms with Gasteiger partial charge in [-0.05, 0) is 65.6 Å². The second-order valence-corrected chi connectivity index (χ2v) is 8.68. The number of rotatable bonds is 10. The number of carbonyl (C=O) groups excluding carboxylic acids is 2. The van der Waals surface area contributed by atoms with Gasteiger partial charge >= 0.3 is 0 Å². The molecule has 0 bridgehead atoms. The van der Waals surface area contributed by atoms with Crippen LogP contribution in [-0.2, 0) is 24.2 Å². The Hall–Kier alpha value is -4.45.